The number of ether oxygens (including phenoxy) is 2. The molecule has 4 rings (SSSR count). The summed E-state index contributed by atoms with van der Waals surface area (Å²) in [6.07, 6.45) is 2.27. The Labute approximate surface area is 173 Å². The summed E-state index contributed by atoms with van der Waals surface area (Å²) in [4.78, 5) is 19.4. The van der Waals surface area contributed by atoms with Gasteiger partial charge in [0, 0.05) is 36.1 Å². The number of nitrogens with two attached hydrogens (primary N) is 1. The number of hydrogen-bond acceptors (Lipinski definition) is 6. The Bertz CT molecular complexity index is 943. The predicted molar refractivity (Wildman–Crippen MR) is 113 cm³/mol. The molecule has 150 valence electrons. The number of likely N-dealkylation sites (tertiary alicyclic amines) is 1. The van der Waals surface area contributed by atoms with Gasteiger partial charge in [-0.15, -0.1) is 11.3 Å². The highest BCUT2D eigenvalue weighted by Crippen LogP contribution is 2.27. The van der Waals surface area contributed by atoms with E-state index >= 15 is 0 Å². The van der Waals surface area contributed by atoms with Crippen LogP contribution in [0.25, 0.3) is 10.6 Å². The Kier molecular flexibility index (Phi) is 6.07. The fourth-order valence-corrected chi connectivity index (χ4v) is 4.00. The van der Waals surface area contributed by atoms with Crippen molar-refractivity contribution in [3.05, 3.63) is 71.2 Å². The standard InChI is InChI=1S/C22H23N3O3S/c23-12-20-13-24-21(29-20)17-6-8-18(9-7-17)28-19-10-11-25(14-19)22(26)27-15-16-4-2-1-3-5-16/h1-9,13,19H,10-12,14-15,23H2. The van der Waals surface area contributed by atoms with E-state index in [0.717, 1.165) is 33.2 Å². The molecule has 1 unspecified atom stereocenters. The molecule has 2 N–H and O–H groups in total. The number of thiazole rings is 1. The van der Waals surface area contributed by atoms with Gasteiger partial charge < -0.3 is 20.1 Å². The van der Waals surface area contributed by atoms with Gasteiger partial charge in [0.25, 0.3) is 0 Å². The lowest BCUT2D eigenvalue weighted by Crippen LogP contribution is -2.31. The summed E-state index contributed by atoms with van der Waals surface area (Å²) >= 11 is 1.60. The highest BCUT2D eigenvalue weighted by atomic mass is 32.1. The average molecular weight is 410 g/mol. The molecule has 2 aromatic carbocycles. The van der Waals surface area contributed by atoms with Crippen molar-refractivity contribution in [2.24, 2.45) is 5.73 Å². The van der Waals surface area contributed by atoms with Crippen LogP contribution in [-0.2, 0) is 17.9 Å². The summed E-state index contributed by atoms with van der Waals surface area (Å²) in [5.41, 5.74) is 7.67. The van der Waals surface area contributed by atoms with E-state index in [9.17, 15) is 4.79 Å². The molecular formula is C22H23N3O3S. The van der Waals surface area contributed by atoms with Crippen molar-refractivity contribution in [3.63, 3.8) is 0 Å². The van der Waals surface area contributed by atoms with E-state index in [1.165, 1.54) is 0 Å². The third-order valence-corrected chi connectivity index (χ3v) is 5.84. The number of benzene rings is 2. The van der Waals surface area contributed by atoms with Gasteiger partial charge in [-0.3, -0.25) is 0 Å². The first kappa shape index (κ1) is 19.4. The fourth-order valence-electron chi connectivity index (χ4n) is 3.20. The molecule has 2 heterocycles. The van der Waals surface area contributed by atoms with Gasteiger partial charge in [0.2, 0.25) is 0 Å². The van der Waals surface area contributed by atoms with Crippen LogP contribution in [0.4, 0.5) is 4.79 Å². The molecule has 1 fully saturated rings. The van der Waals surface area contributed by atoms with Crippen LogP contribution in [0, 0.1) is 0 Å². The van der Waals surface area contributed by atoms with Gasteiger partial charge in [-0.1, -0.05) is 30.3 Å². The summed E-state index contributed by atoms with van der Waals surface area (Å²) in [5, 5.41) is 0.949. The van der Waals surface area contributed by atoms with Crippen LogP contribution in [-0.4, -0.2) is 35.2 Å². The van der Waals surface area contributed by atoms with E-state index in [2.05, 4.69) is 4.98 Å². The summed E-state index contributed by atoms with van der Waals surface area (Å²) < 4.78 is 11.5. The maximum absolute atomic E-state index is 12.3. The molecule has 1 aliphatic heterocycles. The number of amides is 1. The first-order valence-corrected chi connectivity index (χ1v) is 10.4. The van der Waals surface area contributed by atoms with Crippen LogP contribution < -0.4 is 10.5 Å². The maximum Gasteiger partial charge on any atom is 0.410 e. The molecule has 6 nitrogen and oxygen atoms in total. The molecule has 1 atom stereocenters. The zero-order chi connectivity index (χ0) is 20.1. The van der Waals surface area contributed by atoms with E-state index in [-0.39, 0.29) is 18.8 Å². The summed E-state index contributed by atoms with van der Waals surface area (Å²) in [6, 6.07) is 17.5. The molecule has 1 aliphatic rings. The van der Waals surface area contributed by atoms with Crippen molar-refractivity contribution in [2.45, 2.75) is 25.7 Å². The maximum atomic E-state index is 12.3. The molecule has 7 heteroatoms. The summed E-state index contributed by atoms with van der Waals surface area (Å²) in [5.74, 6) is 0.786. The molecule has 0 bridgehead atoms. The molecule has 0 spiro atoms. The van der Waals surface area contributed by atoms with Crippen molar-refractivity contribution in [2.75, 3.05) is 13.1 Å². The SMILES string of the molecule is NCc1cnc(-c2ccc(OC3CCN(C(=O)OCc4ccccc4)C3)cc2)s1. The summed E-state index contributed by atoms with van der Waals surface area (Å²) in [7, 11) is 0. The van der Waals surface area contributed by atoms with Crippen LogP contribution in [0.2, 0.25) is 0 Å². The Balaban J connectivity index is 1.27. The molecule has 1 amide bonds. The zero-order valence-electron chi connectivity index (χ0n) is 16.0. The molecule has 29 heavy (non-hydrogen) atoms. The minimum Gasteiger partial charge on any atom is -0.489 e. The van der Waals surface area contributed by atoms with E-state index < -0.39 is 0 Å². The number of carbonyl (C=O) groups is 1. The molecule has 0 saturated carbocycles. The summed E-state index contributed by atoms with van der Waals surface area (Å²) in [6.45, 7) is 1.95. The van der Waals surface area contributed by atoms with E-state index in [1.54, 1.807) is 16.2 Å². The molecule has 1 aromatic heterocycles. The molecule has 3 aromatic rings. The lowest BCUT2D eigenvalue weighted by Gasteiger charge is -2.17. The fraction of sp³-hybridized carbons (Fsp3) is 0.273. The molecule has 0 aliphatic carbocycles. The number of rotatable bonds is 6. The monoisotopic (exact) mass is 409 g/mol. The van der Waals surface area contributed by atoms with Gasteiger partial charge in [-0.25, -0.2) is 9.78 Å². The molecule has 0 radical (unpaired) electrons. The predicted octanol–water partition coefficient (Wildman–Crippen LogP) is 4.06. The van der Waals surface area contributed by atoms with Crippen molar-refractivity contribution < 1.29 is 14.3 Å². The van der Waals surface area contributed by atoms with Crippen molar-refractivity contribution in [1.82, 2.24) is 9.88 Å². The number of aromatic nitrogens is 1. The average Bonchev–Trinajstić information content (AvgIpc) is 3.43. The third kappa shape index (κ3) is 4.93. The second-order valence-corrected chi connectivity index (χ2v) is 7.99. The van der Waals surface area contributed by atoms with Crippen LogP contribution in [0.5, 0.6) is 5.75 Å². The Hall–Kier alpha value is -2.90. The number of carbonyl (C=O) groups excluding carboxylic acids is 1. The van der Waals surface area contributed by atoms with E-state index in [4.69, 9.17) is 15.2 Å². The Morgan fingerprint density at radius 2 is 1.97 bits per heavy atom. The van der Waals surface area contributed by atoms with E-state index in [1.807, 2.05) is 60.8 Å². The third-order valence-electron chi connectivity index (χ3n) is 4.77. The minimum atomic E-state index is -0.297. The van der Waals surface area contributed by atoms with Crippen LogP contribution in [0.3, 0.4) is 0 Å². The molecule has 1 saturated heterocycles. The second-order valence-electron chi connectivity index (χ2n) is 6.87. The van der Waals surface area contributed by atoms with Crippen molar-refractivity contribution in [3.8, 4) is 16.3 Å². The quantitative estimate of drug-likeness (QED) is 0.664. The smallest absolute Gasteiger partial charge is 0.410 e. The van der Waals surface area contributed by atoms with Crippen LogP contribution >= 0.6 is 11.3 Å². The van der Waals surface area contributed by atoms with Gasteiger partial charge in [0.15, 0.2) is 0 Å². The zero-order valence-corrected chi connectivity index (χ0v) is 16.8. The first-order chi connectivity index (χ1) is 14.2. The van der Waals surface area contributed by atoms with Gasteiger partial charge in [-0.05, 0) is 29.8 Å². The van der Waals surface area contributed by atoms with Gasteiger partial charge in [0.1, 0.15) is 23.5 Å². The first-order valence-electron chi connectivity index (χ1n) is 9.59. The molecular weight excluding hydrogens is 386 g/mol. The topological polar surface area (TPSA) is 77.7 Å². The van der Waals surface area contributed by atoms with Crippen LogP contribution in [0.1, 0.15) is 16.9 Å². The van der Waals surface area contributed by atoms with Crippen molar-refractivity contribution >= 4 is 17.4 Å². The Morgan fingerprint density at radius 1 is 1.17 bits per heavy atom. The largest absolute Gasteiger partial charge is 0.489 e. The highest BCUT2D eigenvalue weighted by molar-refractivity contribution is 7.15. The van der Waals surface area contributed by atoms with Crippen LogP contribution in [0.15, 0.2) is 60.8 Å². The number of hydrogen-bond donors (Lipinski definition) is 1. The van der Waals surface area contributed by atoms with Crippen molar-refractivity contribution in [1.29, 1.82) is 0 Å². The van der Waals surface area contributed by atoms with Gasteiger partial charge in [-0.2, -0.15) is 0 Å². The lowest BCUT2D eigenvalue weighted by molar-refractivity contribution is 0.0991. The second kappa shape index (κ2) is 9.07. The normalized spacial score (nSPS) is 16.0. The Morgan fingerprint density at radius 3 is 2.69 bits per heavy atom. The van der Waals surface area contributed by atoms with Gasteiger partial charge in [0.05, 0.1) is 6.54 Å². The number of nitrogens with zero attached hydrogens (tertiary/aromatic N) is 2. The lowest BCUT2D eigenvalue weighted by atomic mass is 10.2. The highest BCUT2D eigenvalue weighted by Gasteiger charge is 2.28. The van der Waals surface area contributed by atoms with E-state index in [0.29, 0.717) is 19.6 Å². The van der Waals surface area contributed by atoms with Gasteiger partial charge >= 0.3 is 6.09 Å². The minimum absolute atomic E-state index is 0.0335.